The van der Waals surface area contributed by atoms with Gasteiger partial charge in [-0.3, -0.25) is 33.8 Å². The minimum atomic E-state index is -1.07. The van der Waals surface area contributed by atoms with Crippen molar-refractivity contribution in [3.05, 3.63) is 18.0 Å². The molecule has 2 unspecified atom stereocenters. The molecule has 290 valence electrons. The van der Waals surface area contributed by atoms with Gasteiger partial charge in [0.25, 0.3) is 5.91 Å². The van der Waals surface area contributed by atoms with E-state index in [-0.39, 0.29) is 42.4 Å². The third-order valence-electron chi connectivity index (χ3n) is 9.67. The van der Waals surface area contributed by atoms with E-state index in [1.54, 1.807) is 0 Å². The average Bonchev–Trinajstić information content (AvgIpc) is 3.66. The van der Waals surface area contributed by atoms with Crippen LogP contribution < -0.4 is 43.8 Å². The fourth-order valence-electron chi connectivity index (χ4n) is 6.95. The molecule has 6 amide bonds. The number of nitrogens with zero attached hydrogens (tertiary/aromatic N) is 2. The van der Waals surface area contributed by atoms with E-state index in [0.717, 1.165) is 51.4 Å². The van der Waals surface area contributed by atoms with Crippen molar-refractivity contribution in [3.63, 3.8) is 0 Å². The second-order valence-corrected chi connectivity index (χ2v) is 14.4. The number of hydrogen-bond donors (Lipinski definition) is 8. The van der Waals surface area contributed by atoms with Gasteiger partial charge < -0.3 is 48.3 Å². The summed E-state index contributed by atoms with van der Waals surface area (Å²) in [6, 6.07) is -2.47. The summed E-state index contributed by atoms with van der Waals surface area (Å²) in [6.45, 7) is 3.49. The number of amides is 6. The van der Waals surface area contributed by atoms with Gasteiger partial charge >= 0.3 is 0 Å². The predicted molar refractivity (Wildman–Crippen MR) is 193 cm³/mol. The van der Waals surface area contributed by atoms with Crippen molar-refractivity contribution in [2.45, 2.75) is 128 Å². The Morgan fingerprint density at radius 2 is 1.48 bits per heavy atom. The molecule has 4 atom stereocenters. The highest BCUT2D eigenvalue weighted by molar-refractivity contribution is 5.97. The molecule has 1 aromatic rings. The number of aromatic nitrogens is 1. The Morgan fingerprint density at radius 1 is 0.827 bits per heavy atom. The number of guanidine groups is 1. The summed E-state index contributed by atoms with van der Waals surface area (Å²) in [5, 5.41) is 17.2. The van der Waals surface area contributed by atoms with Crippen LogP contribution in [0.2, 0.25) is 0 Å². The van der Waals surface area contributed by atoms with Crippen LogP contribution in [0.3, 0.4) is 0 Å². The first-order chi connectivity index (χ1) is 24.8. The van der Waals surface area contributed by atoms with Crippen LogP contribution in [-0.2, 0) is 24.0 Å². The standard InChI is InChI=1S/C35H58N10O7/c1-21(2)18-25(30(36)47)43-31(48)24(14-9-16-39-35(37)38)42-28(46)20-40-34(51)29(23-12-7-4-8-13-23)45-32(49)26(19-22-10-5-3-6-11-22)44-33(50)27-15-17-41-52-27/h15,17,21-26,29H,3-14,16,18-20H2,1-2H3,(H2,36,47)(H,40,51)(H,42,46)(H,43,48)(H,44,50)(H,45,49)(H4,37,38,39)/t24-,25-,26?,29?/m0/s1. The molecule has 17 heteroatoms. The van der Waals surface area contributed by atoms with E-state index in [1.807, 2.05) is 13.8 Å². The second-order valence-electron chi connectivity index (χ2n) is 14.4. The van der Waals surface area contributed by atoms with Crippen molar-refractivity contribution in [2.75, 3.05) is 13.1 Å². The van der Waals surface area contributed by atoms with Gasteiger partial charge in [0.15, 0.2) is 5.96 Å². The molecule has 2 aliphatic rings. The number of hydrogen-bond acceptors (Lipinski definition) is 9. The van der Waals surface area contributed by atoms with Crippen LogP contribution in [0.4, 0.5) is 0 Å². The molecular weight excluding hydrogens is 672 g/mol. The lowest BCUT2D eigenvalue weighted by Gasteiger charge is -2.32. The molecular formula is C35H58N10O7. The minimum Gasteiger partial charge on any atom is -0.370 e. The lowest BCUT2D eigenvalue weighted by molar-refractivity contribution is -0.133. The maximum Gasteiger partial charge on any atom is 0.290 e. The molecule has 1 heterocycles. The Labute approximate surface area is 305 Å². The van der Waals surface area contributed by atoms with E-state index < -0.39 is 66.2 Å². The molecule has 2 saturated carbocycles. The smallest absolute Gasteiger partial charge is 0.290 e. The lowest BCUT2D eigenvalue weighted by Crippen LogP contribution is -2.58. The Kier molecular flexibility index (Phi) is 17.3. The largest absolute Gasteiger partial charge is 0.370 e. The fourth-order valence-corrected chi connectivity index (χ4v) is 6.95. The van der Waals surface area contributed by atoms with Gasteiger partial charge in [-0.25, -0.2) is 0 Å². The van der Waals surface area contributed by atoms with Crippen LogP contribution in [0.5, 0.6) is 0 Å². The number of rotatable bonds is 20. The number of primary amides is 1. The van der Waals surface area contributed by atoms with Crippen LogP contribution in [0, 0.1) is 17.8 Å². The molecule has 52 heavy (non-hydrogen) atoms. The highest BCUT2D eigenvalue weighted by Crippen LogP contribution is 2.29. The molecule has 0 radical (unpaired) electrons. The van der Waals surface area contributed by atoms with Gasteiger partial charge in [0.05, 0.1) is 12.7 Å². The van der Waals surface area contributed by atoms with Crippen molar-refractivity contribution in [2.24, 2.45) is 39.9 Å². The topological polar surface area (TPSA) is 279 Å². The molecule has 0 aliphatic heterocycles. The highest BCUT2D eigenvalue weighted by Gasteiger charge is 2.35. The predicted octanol–water partition coefficient (Wildman–Crippen LogP) is 0.479. The molecule has 0 saturated heterocycles. The first-order valence-electron chi connectivity index (χ1n) is 18.6. The fraction of sp³-hybridized carbons (Fsp3) is 0.714. The van der Waals surface area contributed by atoms with Gasteiger partial charge in [-0.1, -0.05) is 70.4 Å². The van der Waals surface area contributed by atoms with Crippen molar-refractivity contribution < 1.29 is 33.3 Å². The van der Waals surface area contributed by atoms with Gasteiger partial charge in [0.1, 0.15) is 24.2 Å². The van der Waals surface area contributed by atoms with Crippen molar-refractivity contribution in [1.29, 1.82) is 0 Å². The summed E-state index contributed by atoms with van der Waals surface area (Å²) in [5.41, 5.74) is 16.3. The van der Waals surface area contributed by atoms with Gasteiger partial charge in [0, 0.05) is 12.6 Å². The molecule has 2 fully saturated rings. The number of nitrogens with one attached hydrogen (secondary N) is 5. The minimum absolute atomic E-state index is 0.0256. The SMILES string of the molecule is CC(C)C[C@H](NC(=O)[C@H](CCCN=C(N)N)NC(=O)CNC(=O)C(NC(=O)C(CC1CCCCC1)NC(=O)c1ccno1)C1CCCCC1)C(N)=O. The molecule has 1 aromatic heterocycles. The monoisotopic (exact) mass is 730 g/mol. The summed E-state index contributed by atoms with van der Waals surface area (Å²) in [6.07, 6.45) is 11.8. The maximum atomic E-state index is 13.9. The number of aliphatic imine (C=N–C) groups is 1. The van der Waals surface area contributed by atoms with E-state index in [0.29, 0.717) is 32.1 Å². The Bertz CT molecular complexity index is 1350. The lowest BCUT2D eigenvalue weighted by atomic mass is 9.82. The molecule has 0 bridgehead atoms. The third-order valence-corrected chi connectivity index (χ3v) is 9.67. The van der Waals surface area contributed by atoms with Crippen molar-refractivity contribution in [3.8, 4) is 0 Å². The summed E-state index contributed by atoms with van der Waals surface area (Å²) in [4.78, 5) is 82.9. The van der Waals surface area contributed by atoms with Crippen molar-refractivity contribution in [1.82, 2.24) is 31.7 Å². The first kappa shape index (κ1) is 41.7. The number of nitrogens with two attached hydrogens (primary N) is 3. The summed E-state index contributed by atoms with van der Waals surface area (Å²) in [5.74, 6) is -3.60. The van der Waals surface area contributed by atoms with Crippen LogP contribution in [-0.4, -0.2) is 83.8 Å². The number of carbonyl (C=O) groups excluding carboxylic acids is 6. The first-order valence-corrected chi connectivity index (χ1v) is 18.6. The van der Waals surface area contributed by atoms with E-state index in [4.69, 9.17) is 21.7 Å². The second kappa shape index (κ2) is 21.6. The van der Waals surface area contributed by atoms with Gasteiger partial charge in [-0.15, -0.1) is 0 Å². The molecule has 3 rings (SSSR count). The van der Waals surface area contributed by atoms with E-state index in [9.17, 15) is 28.8 Å². The zero-order valence-corrected chi connectivity index (χ0v) is 30.5. The van der Waals surface area contributed by atoms with Crippen LogP contribution >= 0.6 is 0 Å². The van der Waals surface area contributed by atoms with Crippen LogP contribution in [0.25, 0.3) is 0 Å². The Balaban J connectivity index is 1.70. The zero-order chi connectivity index (χ0) is 38.0. The van der Waals surface area contributed by atoms with E-state index >= 15 is 0 Å². The molecule has 11 N–H and O–H groups in total. The molecule has 0 spiro atoms. The summed E-state index contributed by atoms with van der Waals surface area (Å²) >= 11 is 0. The highest BCUT2D eigenvalue weighted by atomic mass is 16.5. The molecule has 17 nitrogen and oxygen atoms in total. The molecule has 0 aromatic carbocycles. The zero-order valence-electron chi connectivity index (χ0n) is 30.5. The maximum absolute atomic E-state index is 13.9. The van der Waals surface area contributed by atoms with E-state index in [2.05, 4.69) is 36.7 Å². The summed E-state index contributed by atoms with van der Waals surface area (Å²) in [7, 11) is 0. The third kappa shape index (κ3) is 14.5. The Morgan fingerprint density at radius 3 is 2.08 bits per heavy atom. The van der Waals surface area contributed by atoms with Gasteiger partial charge in [0.2, 0.25) is 35.3 Å². The average molecular weight is 731 g/mol. The van der Waals surface area contributed by atoms with E-state index in [1.165, 1.54) is 12.3 Å². The summed E-state index contributed by atoms with van der Waals surface area (Å²) < 4.78 is 5.00. The van der Waals surface area contributed by atoms with Crippen LogP contribution in [0.1, 0.15) is 114 Å². The van der Waals surface area contributed by atoms with Crippen molar-refractivity contribution >= 4 is 41.4 Å². The van der Waals surface area contributed by atoms with Gasteiger partial charge in [-0.2, -0.15) is 0 Å². The quantitative estimate of drug-likeness (QED) is 0.0522. The van der Waals surface area contributed by atoms with Crippen LogP contribution in [0.15, 0.2) is 21.8 Å². The number of carbonyl (C=O) groups is 6. The molecule has 2 aliphatic carbocycles. The normalized spacial score (nSPS) is 17.5. The van der Waals surface area contributed by atoms with Gasteiger partial charge in [-0.05, 0) is 56.3 Å². The Hall–Kier alpha value is -4.70.